The first-order valence-corrected chi connectivity index (χ1v) is 7.21. The molecule has 1 aliphatic heterocycles. The van der Waals surface area contributed by atoms with Crippen molar-refractivity contribution in [3.63, 3.8) is 0 Å². The Morgan fingerprint density at radius 1 is 1.72 bits per heavy atom. The number of aryl methyl sites for hydroxylation is 1. The first-order chi connectivity index (χ1) is 8.74. The molecule has 5 nitrogen and oxygen atoms in total. The second kappa shape index (κ2) is 6.15. The van der Waals surface area contributed by atoms with Gasteiger partial charge in [-0.2, -0.15) is 0 Å². The van der Waals surface area contributed by atoms with Gasteiger partial charge in [-0.15, -0.1) is 11.3 Å². The third-order valence-corrected chi connectivity index (χ3v) is 4.21. The minimum Gasteiger partial charge on any atom is -0.394 e. The van der Waals surface area contributed by atoms with Crippen molar-refractivity contribution in [1.82, 2.24) is 15.2 Å². The first-order valence-electron chi connectivity index (χ1n) is 6.33. The van der Waals surface area contributed by atoms with E-state index in [0.717, 1.165) is 36.5 Å². The second-order valence-corrected chi connectivity index (χ2v) is 5.36. The van der Waals surface area contributed by atoms with Crippen LogP contribution in [0.4, 0.5) is 4.79 Å². The van der Waals surface area contributed by atoms with Crippen molar-refractivity contribution in [1.29, 1.82) is 0 Å². The summed E-state index contributed by atoms with van der Waals surface area (Å²) in [6, 6.07) is -0.121. The lowest BCUT2D eigenvalue weighted by molar-refractivity contribution is 0.157. The maximum Gasteiger partial charge on any atom is 0.318 e. The number of nitrogens with zero attached hydrogens (tertiary/aromatic N) is 2. The Morgan fingerprint density at radius 2 is 2.56 bits per heavy atom. The summed E-state index contributed by atoms with van der Waals surface area (Å²) in [6.45, 7) is 3.31. The number of hydrogen-bond donors (Lipinski definition) is 2. The molecule has 2 N–H and O–H groups in total. The highest BCUT2D eigenvalue weighted by molar-refractivity contribution is 7.09. The number of carbonyl (C=O) groups excluding carboxylic acids is 1. The van der Waals surface area contributed by atoms with E-state index >= 15 is 0 Å². The Kier molecular flexibility index (Phi) is 4.54. The van der Waals surface area contributed by atoms with Gasteiger partial charge in [-0.3, -0.25) is 0 Å². The number of hydrogen-bond acceptors (Lipinski definition) is 4. The van der Waals surface area contributed by atoms with Gasteiger partial charge >= 0.3 is 6.03 Å². The highest BCUT2D eigenvalue weighted by atomic mass is 32.1. The van der Waals surface area contributed by atoms with Crippen LogP contribution in [-0.2, 0) is 13.0 Å². The van der Waals surface area contributed by atoms with Crippen molar-refractivity contribution >= 4 is 17.4 Å². The number of aromatic nitrogens is 1. The summed E-state index contributed by atoms with van der Waals surface area (Å²) in [5.74, 6) is 0. The highest BCUT2D eigenvalue weighted by Gasteiger charge is 2.27. The molecule has 0 aliphatic carbocycles. The van der Waals surface area contributed by atoms with Gasteiger partial charge in [0.25, 0.3) is 0 Å². The fourth-order valence-electron chi connectivity index (χ4n) is 2.15. The van der Waals surface area contributed by atoms with Crippen LogP contribution in [0.25, 0.3) is 0 Å². The Bertz CT molecular complexity index is 408. The van der Waals surface area contributed by atoms with Crippen molar-refractivity contribution in [2.75, 3.05) is 13.2 Å². The van der Waals surface area contributed by atoms with E-state index in [-0.39, 0.29) is 18.7 Å². The van der Waals surface area contributed by atoms with E-state index in [1.165, 1.54) is 0 Å². The number of likely N-dealkylation sites (tertiary alicyclic amines) is 1. The van der Waals surface area contributed by atoms with Crippen LogP contribution in [0.3, 0.4) is 0 Å². The average Bonchev–Trinajstić information content (AvgIpc) is 3.04. The Labute approximate surface area is 111 Å². The molecule has 0 spiro atoms. The van der Waals surface area contributed by atoms with E-state index in [9.17, 15) is 9.90 Å². The van der Waals surface area contributed by atoms with Gasteiger partial charge in [-0.25, -0.2) is 9.78 Å². The number of carbonyl (C=O) groups is 1. The van der Waals surface area contributed by atoms with Gasteiger partial charge in [0, 0.05) is 11.9 Å². The normalized spacial score (nSPS) is 19.2. The Balaban J connectivity index is 1.84. The minimum absolute atomic E-state index is 0.0216. The molecule has 2 rings (SSSR count). The number of aliphatic hydroxyl groups is 1. The second-order valence-electron chi connectivity index (χ2n) is 4.42. The quantitative estimate of drug-likeness (QED) is 0.867. The standard InChI is InChI=1S/C12H19N3O2S/c1-2-11-14-9(8-18-11)6-13-12(17)15-5-3-4-10(15)7-16/h8,10,16H,2-7H2,1H3,(H,13,17). The molecular formula is C12H19N3O2S. The molecule has 18 heavy (non-hydrogen) atoms. The molecule has 1 aromatic heterocycles. The SMILES string of the molecule is CCc1nc(CNC(=O)N2CCCC2CO)cs1. The van der Waals surface area contributed by atoms with Crippen molar-refractivity contribution in [3.8, 4) is 0 Å². The lowest BCUT2D eigenvalue weighted by atomic mass is 10.2. The number of thiazole rings is 1. The van der Waals surface area contributed by atoms with Gasteiger partial charge in [-0.1, -0.05) is 6.92 Å². The van der Waals surface area contributed by atoms with E-state index < -0.39 is 0 Å². The van der Waals surface area contributed by atoms with Gasteiger partial charge in [0.2, 0.25) is 0 Å². The maximum absolute atomic E-state index is 11.9. The van der Waals surface area contributed by atoms with Crippen molar-refractivity contribution in [3.05, 3.63) is 16.1 Å². The molecule has 2 heterocycles. The number of nitrogens with one attached hydrogen (secondary N) is 1. The molecule has 0 bridgehead atoms. The summed E-state index contributed by atoms with van der Waals surface area (Å²) in [5.41, 5.74) is 0.907. The van der Waals surface area contributed by atoms with Crippen molar-refractivity contribution in [2.45, 2.75) is 38.8 Å². The number of amides is 2. The van der Waals surface area contributed by atoms with Crippen LogP contribution in [0.2, 0.25) is 0 Å². The zero-order valence-corrected chi connectivity index (χ0v) is 11.4. The molecule has 6 heteroatoms. The topological polar surface area (TPSA) is 65.5 Å². The van der Waals surface area contributed by atoms with E-state index in [2.05, 4.69) is 17.2 Å². The monoisotopic (exact) mass is 269 g/mol. The Hall–Kier alpha value is -1.14. The fourth-order valence-corrected chi connectivity index (χ4v) is 2.90. The molecule has 2 amide bonds. The van der Waals surface area contributed by atoms with Gasteiger partial charge in [0.05, 0.1) is 29.9 Å². The molecule has 0 saturated carbocycles. The van der Waals surface area contributed by atoms with Crippen LogP contribution in [0.1, 0.15) is 30.5 Å². The van der Waals surface area contributed by atoms with Gasteiger partial charge < -0.3 is 15.3 Å². The zero-order valence-electron chi connectivity index (χ0n) is 10.6. The zero-order chi connectivity index (χ0) is 13.0. The molecule has 0 radical (unpaired) electrons. The number of aliphatic hydroxyl groups excluding tert-OH is 1. The first kappa shape index (κ1) is 13.3. The molecule has 1 fully saturated rings. The molecule has 100 valence electrons. The van der Waals surface area contributed by atoms with Crippen LogP contribution in [-0.4, -0.2) is 40.2 Å². The van der Waals surface area contributed by atoms with E-state index in [1.807, 2.05) is 5.38 Å². The predicted molar refractivity (Wildman–Crippen MR) is 70.5 cm³/mol. The summed E-state index contributed by atoms with van der Waals surface area (Å²) in [4.78, 5) is 18.1. The number of urea groups is 1. The van der Waals surface area contributed by atoms with Crippen molar-refractivity contribution < 1.29 is 9.90 Å². The predicted octanol–water partition coefficient (Wildman–Crippen LogP) is 1.37. The van der Waals surface area contributed by atoms with Gasteiger partial charge in [-0.05, 0) is 19.3 Å². The fraction of sp³-hybridized carbons (Fsp3) is 0.667. The van der Waals surface area contributed by atoms with Crippen molar-refractivity contribution in [2.24, 2.45) is 0 Å². The molecule has 1 atom stereocenters. The van der Waals surface area contributed by atoms with E-state index in [0.29, 0.717) is 6.54 Å². The third kappa shape index (κ3) is 3.00. The van der Waals surface area contributed by atoms with Crippen LogP contribution >= 0.6 is 11.3 Å². The maximum atomic E-state index is 11.9. The summed E-state index contributed by atoms with van der Waals surface area (Å²) in [5, 5.41) is 15.1. The average molecular weight is 269 g/mol. The molecule has 1 aromatic rings. The summed E-state index contributed by atoms with van der Waals surface area (Å²) >= 11 is 1.62. The minimum atomic E-state index is -0.0994. The van der Waals surface area contributed by atoms with Crippen LogP contribution in [0.5, 0.6) is 0 Å². The van der Waals surface area contributed by atoms with E-state index in [4.69, 9.17) is 0 Å². The number of rotatable bonds is 4. The van der Waals surface area contributed by atoms with Crippen LogP contribution in [0, 0.1) is 0 Å². The largest absolute Gasteiger partial charge is 0.394 e. The lowest BCUT2D eigenvalue weighted by Crippen LogP contribution is -2.43. The van der Waals surface area contributed by atoms with Crippen LogP contribution < -0.4 is 5.32 Å². The Morgan fingerprint density at radius 3 is 3.22 bits per heavy atom. The molecule has 1 saturated heterocycles. The van der Waals surface area contributed by atoms with Gasteiger partial charge in [0.1, 0.15) is 0 Å². The van der Waals surface area contributed by atoms with Gasteiger partial charge in [0.15, 0.2) is 0 Å². The molecule has 1 unspecified atom stereocenters. The molecule has 0 aromatic carbocycles. The van der Waals surface area contributed by atoms with Crippen LogP contribution in [0.15, 0.2) is 5.38 Å². The van der Waals surface area contributed by atoms with E-state index in [1.54, 1.807) is 16.2 Å². The lowest BCUT2D eigenvalue weighted by Gasteiger charge is -2.23. The summed E-state index contributed by atoms with van der Waals surface area (Å²) in [7, 11) is 0. The summed E-state index contributed by atoms with van der Waals surface area (Å²) < 4.78 is 0. The summed E-state index contributed by atoms with van der Waals surface area (Å²) in [6.07, 6.45) is 2.78. The molecular weight excluding hydrogens is 250 g/mol. The smallest absolute Gasteiger partial charge is 0.318 e. The highest BCUT2D eigenvalue weighted by Crippen LogP contribution is 2.16. The molecule has 1 aliphatic rings. The third-order valence-electron chi connectivity index (χ3n) is 3.17.